The van der Waals surface area contributed by atoms with E-state index >= 15 is 0 Å². The molecule has 1 heterocycles. The molecule has 1 fully saturated rings. The summed E-state index contributed by atoms with van der Waals surface area (Å²) < 4.78 is 11.3. The average molecular weight is 214 g/mol. The fourth-order valence-corrected chi connectivity index (χ4v) is 5.51. The number of hydrogen-bond donors (Lipinski definition) is 0. The van der Waals surface area contributed by atoms with Gasteiger partial charge in [0.2, 0.25) is 0 Å². The second-order valence-electron chi connectivity index (χ2n) is 5.01. The first-order chi connectivity index (χ1) is 6.45. The molecule has 0 spiro atoms. The molecule has 1 saturated heterocycles. The molecule has 0 aromatic rings. The van der Waals surface area contributed by atoms with Crippen molar-refractivity contribution in [2.24, 2.45) is 0 Å². The van der Waals surface area contributed by atoms with Crippen LogP contribution in [0.2, 0.25) is 17.1 Å². The lowest BCUT2D eigenvalue weighted by molar-refractivity contribution is 0.132. The molecule has 0 amide bonds. The van der Waals surface area contributed by atoms with Gasteiger partial charge in [-0.05, 0) is 30.1 Å². The van der Waals surface area contributed by atoms with E-state index in [9.17, 15) is 0 Å². The SMILES string of the molecule is C/C=C(\OC)O[Si]1(C(C)(C)C)CCC1. The highest BCUT2D eigenvalue weighted by Crippen LogP contribution is 2.51. The number of methoxy groups -OCH3 is 1. The Morgan fingerprint density at radius 2 is 1.86 bits per heavy atom. The Bertz CT molecular complexity index is 224. The van der Waals surface area contributed by atoms with E-state index < -0.39 is 8.32 Å². The van der Waals surface area contributed by atoms with Crippen molar-refractivity contribution in [3.8, 4) is 0 Å². The molecule has 14 heavy (non-hydrogen) atoms. The molecule has 0 N–H and O–H groups in total. The standard InChI is InChI=1S/C11H22O2Si/c1-6-10(12-5)13-14(8-7-9-14)11(2,3)4/h6H,7-9H2,1-5H3/b10-6+. The summed E-state index contributed by atoms with van der Waals surface area (Å²) in [5.41, 5.74) is 0. The minimum absolute atomic E-state index is 0.317. The summed E-state index contributed by atoms with van der Waals surface area (Å²) in [6.07, 6.45) is 3.24. The molecule has 0 unspecified atom stereocenters. The van der Waals surface area contributed by atoms with Crippen molar-refractivity contribution in [1.29, 1.82) is 0 Å². The fourth-order valence-electron chi connectivity index (χ4n) is 1.91. The molecular weight excluding hydrogens is 192 g/mol. The predicted octanol–water partition coefficient (Wildman–Crippen LogP) is 3.66. The van der Waals surface area contributed by atoms with Crippen molar-refractivity contribution in [2.75, 3.05) is 7.11 Å². The van der Waals surface area contributed by atoms with Gasteiger partial charge in [-0.1, -0.05) is 27.2 Å². The zero-order chi connectivity index (χ0) is 10.8. The Labute approximate surface area is 88.4 Å². The van der Waals surface area contributed by atoms with Crippen molar-refractivity contribution in [1.82, 2.24) is 0 Å². The van der Waals surface area contributed by atoms with Gasteiger partial charge in [-0.3, -0.25) is 0 Å². The first-order valence-electron chi connectivity index (χ1n) is 5.34. The van der Waals surface area contributed by atoms with Gasteiger partial charge in [-0.2, -0.15) is 0 Å². The van der Waals surface area contributed by atoms with Gasteiger partial charge < -0.3 is 9.16 Å². The van der Waals surface area contributed by atoms with Crippen LogP contribution >= 0.6 is 0 Å². The van der Waals surface area contributed by atoms with Crippen LogP contribution in [0.25, 0.3) is 0 Å². The lowest BCUT2D eigenvalue weighted by Gasteiger charge is -2.48. The van der Waals surface area contributed by atoms with E-state index in [-0.39, 0.29) is 0 Å². The molecule has 0 aliphatic carbocycles. The summed E-state index contributed by atoms with van der Waals surface area (Å²) in [5, 5.41) is 0.317. The van der Waals surface area contributed by atoms with Gasteiger partial charge >= 0.3 is 0 Å². The van der Waals surface area contributed by atoms with E-state index in [1.54, 1.807) is 7.11 Å². The normalized spacial score (nSPS) is 21.4. The van der Waals surface area contributed by atoms with Gasteiger partial charge in [0.05, 0.1) is 7.11 Å². The maximum absolute atomic E-state index is 6.11. The summed E-state index contributed by atoms with van der Waals surface area (Å²) in [5.74, 6) is 0.714. The molecule has 82 valence electrons. The number of allylic oxidation sites excluding steroid dienone is 1. The topological polar surface area (TPSA) is 18.5 Å². The maximum Gasteiger partial charge on any atom is 0.260 e. The number of hydrogen-bond acceptors (Lipinski definition) is 2. The van der Waals surface area contributed by atoms with Crippen LogP contribution in [0.15, 0.2) is 12.0 Å². The predicted molar refractivity (Wildman–Crippen MR) is 61.6 cm³/mol. The summed E-state index contributed by atoms with van der Waals surface area (Å²) in [6, 6.07) is 2.55. The Morgan fingerprint density at radius 3 is 2.07 bits per heavy atom. The zero-order valence-corrected chi connectivity index (χ0v) is 11.0. The van der Waals surface area contributed by atoms with Crippen molar-refractivity contribution < 1.29 is 9.16 Å². The van der Waals surface area contributed by atoms with Crippen molar-refractivity contribution >= 4 is 8.32 Å². The van der Waals surface area contributed by atoms with Crippen LogP contribution < -0.4 is 0 Å². The minimum Gasteiger partial charge on any atom is -0.519 e. The maximum atomic E-state index is 6.11. The Kier molecular flexibility index (Phi) is 3.30. The largest absolute Gasteiger partial charge is 0.519 e. The first kappa shape index (κ1) is 11.6. The van der Waals surface area contributed by atoms with Crippen LogP contribution in [0.3, 0.4) is 0 Å². The highest BCUT2D eigenvalue weighted by molar-refractivity contribution is 6.79. The monoisotopic (exact) mass is 214 g/mol. The third-order valence-corrected chi connectivity index (χ3v) is 8.91. The van der Waals surface area contributed by atoms with E-state index in [1.165, 1.54) is 18.5 Å². The van der Waals surface area contributed by atoms with E-state index in [1.807, 2.05) is 13.0 Å². The summed E-state index contributed by atoms with van der Waals surface area (Å²) in [6.45, 7) is 8.84. The second kappa shape index (κ2) is 3.97. The molecule has 2 nitrogen and oxygen atoms in total. The van der Waals surface area contributed by atoms with Crippen LogP contribution in [0, 0.1) is 0 Å². The Balaban J connectivity index is 2.72. The lowest BCUT2D eigenvalue weighted by atomic mass is 10.2. The summed E-state index contributed by atoms with van der Waals surface area (Å²) >= 11 is 0. The highest BCUT2D eigenvalue weighted by atomic mass is 28.4. The van der Waals surface area contributed by atoms with Gasteiger partial charge in [-0.15, -0.1) is 0 Å². The van der Waals surface area contributed by atoms with E-state index in [0.717, 1.165) is 0 Å². The molecule has 0 bridgehead atoms. The van der Waals surface area contributed by atoms with E-state index in [4.69, 9.17) is 9.16 Å². The molecule has 0 aromatic heterocycles. The summed E-state index contributed by atoms with van der Waals surface area (Å²) in [4.78, 5) is 0. The van der Waals surface area contributed by atoms with E-state index in [0.29, 0.717) is 11.0 Å². The molecule has 3 heteroatoms. The third kappa shape index (κ3) is 1.97. The molecule has 1 aliphatic heterocycles. The van der Waals surface area contributed by atoms with Crippen LogP contribution in [0.4, 0.5) is 0 Å². The van der Waals surface area contributed by atoms with Crippen LogP contribution in [0.5, 0.6) is 0 Å². The van der Waals surface area contributed by atoms with Crippen LogP contribution in [-0.4, -0.2) is 15.4 Å². The number of rotatable bonds is 3. The van der Waals surface area contributed by atoms with Gasteiger partial charge in [-0.25, -0.2) is 0 Å². The second-order valence-corrected chi connectivity index (χ2v) is 9.70. The number of ether oxygens (including phenoxy) is 1. The molecule has 1 rings (SSSR count). The average Bonchev–Trinajstić information content (AvgIpc) is 2.01. The van der Waals surface area contributed by atoms with E-state index in [2.05, 4.69) is 20.8 Å². The molecule has 0 aromatic carbocycles. The molecule has 0 atom stereocenters. The first-order valence-corrected chi connectivity index (χ1v) is 7.67. The minimum atomic E-state index is -1.54. The Morgan fingerprint density at radius 1 is 1.29 bits per heavy atom. The van der Waals surface area contributed by atoms with Crippen molar-refractivity contribution in [3.63, 3.8) is 0 Å². The van der Waals surface area contributed by atoms with Gasteiger partial charge in [0.15, 0.2) is 0 Å². The third-order valence-electron chi connectivity index (χ3n) is 3.26. The molecule has 0 saturated carbocycles. The van der Waals surface area contributed by atoms with Gasteiger partial charge in [0, 0.05) is 0 Å². The zero-order valence-electron chi connectivity index (χ0n) is 10.0. The lowest BCUT2D eigenvalue weighted by Crippen LogP contribution is -2.52. The van der Waals surface area contributed by atoms with Crippen LogP contribution in [-0.2, 0) is 9.16 Å². The molecular formula is C11H22O2Si. The molecule has 0 radical (unpaired) electrons. The van der Waals surface area contributed by atoms with Gasteiger partial charge in [0.1, 0.15) is 0 Å². The van der Waals surface area contributed by atoms with Crippen molar-refractivity contribution in [3.05, 3.63) is 12.0 Å². The fraction of sp³-hybridized carbons (Fsp3) is 0.818. The van der Waals surface area contributed by atoms with Crippen molar-refractivity contribution in [2.45, 2.75) is 51.2 Å². The Hall–Kier alpha value is -0.443. The smallest absolute Gasteiger partial charge is 0.260 e. The quantitative estimate of drug-likeness (QED) is 0.527. The highest BCUT2D eigenvalue weighted by Gasteiger charge is 2.53. The van der Waals surface area contributed by atoms with Crippen LogP contribution in [0.1, 0.15) is 34.1 Å². The summed E-state index contributed by atoms with van der Waals surface area (Å²) in [7, 11) is 0.137. The van der Waals surface area contributed by atoms with Gasteiger partial charge in [0.25, 0.3) is 14.3 Å². The molecule has 1 aliphatic rings.